The van der Waals surface area contributed by atoms with Gasteiger partial charge >= 0.3 is 0 Å². The molecule has 1 N–H and O–H groups in total. The number of benzene rings is 3. The SMILES string of the molecule is COc1ccc(-n2c(CNCc3ccc4c(c3)OCO4)nc3ccccc3c2=O)cc1. The number of rotatable bonds is 6. The molecule has 0 bridgehead atoms. The zero-order valence-electron chi connectivity index (χ0n) is 17.0. The first-order chi connectivity index (χ1) is 15.2. The summed E-state index contributed by atoms with van der Waals surface area (Å²) in [5.41, 5.74) is 2.38. The molecule has 0 unspecified atom stereocenters. The third kappa shape index (κ3) is 3.71. The number of aromatic nitrogens is 2. The van der Waals surface area contributed by atoms with Crippen LogP contribution in [0, 0.1) is 0 Å². The fourth-order valence-electron chi connectivity index (χ4n) is 3.66. The Labute approximate surface area is 178 Å². The highest BCUT2D eigenvalue weighted by atomic mass is 16.7. The van der Waals surface area contributed by atoms with Crippen LogP contribution in [0.2, 0.25) is 0 Å². The lowest BCUT2D eigenvalue weighted by Gasteiger charge is -2.15. The van der Waals surface area contributed by atoms with Gasteiger partial charge in [-0.3, -0.25) is 9.36 Å². The van der Waals surface area contributed by atoms with Gasteiger partial charge in [-0.05, 0) is 54.1 Å². The van der Waals surface area contributed by atoms with Crippen molar-refractivity contribution in [2.45, 2.75) is 13.1 Å². The first-order valence-electron chi connectivity index (χ1n) is 9.97. The lowest BCUT2D eigenvalue weighted by molar-refractivity contribution is 0.174. The number of nitrogens with one attached hydrogen (secondary N) is 1. The molecule has 0 saturated carbocycles. The van der Waals surface area contributed by atoms with Crippen LogP contribution in [0.1, 0.15) is 11.4 Å². The van der Waals surface area contributed by atoms with E-state index in [9.17, 15) is 4.79 Å². The van der Waals surface area contributed by atoms with Crippen LogP contribution in [0.4, 0.5) is 0 Å². The lowest BCUT2D eigenvalue weighted by Crippen LogP contribution is -2.27. The second kappa shape index (κ2) is 8.12. The highest BCUT2D eigenvalue weighted by Gasteiger charge is 2.15. The smallest absolute Gasteiger partial charge is 0.266 e. The van der Waals surface area contributed by atoms with Crippen LogP contribution in [0.25, 0.3) is 16.6 Å². The average Bonchev–Trinajstić information content (AvgIpc) is 3.27. The summed E-state index contributed by atoms with van der Waals surface area (Å²) in [6.07, 6.45) is 0. The van der Waals surface area contributed by atoms with Gasteiger partial charge in [0.15, 0.2) is 11.5 Å². The first kappa shape index (κ1) is 19.1. The second-order valence-electron chi connectivity index (χ2n) is 7.17. The Hall–Kier alpha value is -3.84. The molecule has 7 nitrogen and oxygen atoms in total. The van der Waals surface area contributed by atoms with Gasteiger partial charge in [-0.15, -0.1) is 0 Å². The molecule has 1 aliphatic rings. The third-order valence-corrected chi connectivity index (χ3v) is 5.23. The maximum Gasteiger partial charge on any atom is 0.266 e. The molecule has 1 aromatic heterocycles. The molecule has 0 aliphatic carbocycles. The van der Waals surface area contributed by atoms with Crippen LogP contribution >= 0.6 is 0 Å². The van der Waals surface area contributed by atoms with Crippen molar-refractivity contribution in [1.29, 1.82) is 0 Å². The Morgan fingerprint density at radius 1 is 1.00 bits per heavy atom. The van der Waals surface area contributed by atoms with Crippen molar-refractivity contribution >= 4 is 10.9 Å². The van der Waals surface area contributed by atoms with Gasteiger partial charge in [-0.1, -0.05) is 18.2 Å². The van der Waals surface area contributed by atoms with Gasteiger partial charge < -0.3 is 19.5 Å². The molecule has 2 heterocycles. The fraction of sp³-hybridized carbons (Fsp3) is 0.167. The van der Waals surface area contributed by atoms with Crippen molar-refractivity contribution in [2.75, 3.05) is 13.9 Å². The molecule has 0 radical (unpaired) electrons. The van der Waals surface area contributed by atoms with E-state index in [0.29, 0.717) is 29.8 Å². The molecule has 0 amide bonds. The maximum atomic E-state index is 13.3. The van der Waals surface area contributed by atoms with E-state index >= 15 is 0 Å². The molecule has 7 heteroatoms. The summed E-state index contributed by atoms with van der Waals surface area (Å²) < 4.78 is 17.7. The minimum Gasteiger partial charge on any atom is -0.497 e. The minimum absolute atomic E-state index is 0.101. The van der Waals surface area contributed by atoms with E-state index in [-0.39, 0.29) is 12.4 Å². The molecule has 0 fully saturated rings. The highest BCUT2D eigenvalue weighted by molar-refractivity contribution is 5.77. The number of hydrogen-bond acceptors (Lipinski definition) is 6. The number of methoxy groups -OCH3 is 1. The zero-order valence-corrected chi connectivity index (χ0v) is 17.0. The van der Waals surface area contributed by atoms with Crippen molar-refractivity contribution in [3.05, 3.63) is 88.5 Å². The monoisotopic (exact) mass is 415 g/mol. The molecule has 0 spiro atoms. The van der Waals surface area contributed by atoms with Crippen molar-refractivity contribution in [1.82, 2.24) is 14.9 Å². The molecular formula is C24H21N3O4. The van der Waals surface area contributed by atoms with Gasteiger partial charge in [0.2, 0.25) is 6.79 Å². The Kier molecular flexibility index (Phi) is 5.01. The summed E-state index contributed by atoms with van der Waals surface area (Å²) in [7, 11) is 1.62. The number of nitrogens with zero attached hydrogens (tertiary/aromatic N) is 2. The van der Waals surface area contributed by atoms with E-state index in [0.717, 1.165) is 28.5 Å². The summed E-state index contributed by atoms with van der Waals surface area (Å²) in [6, 6.07) is 20.6. The Bertz CT molecular complexity index is 1300. The van der Waals surface area contributed by atoms with Crippen LogP contribution in [-0.2, 0) is 13.1 Å². The van der Waals surface area contributed by atoms with E-state index in [4.69, 9.17) is 19.2 Å². The zero-order chi connectivity index (χ0) is 21.2. The minimum atomic E-state index is -0.101. The predicted molar refractivity (Wildman–Crippen MR) is 117 cm³/mol. The van der Waals surface area contributed by atoms with E-state index in [1.54, 1.807) is 17.7 Å². The van der Waals surface area contributed by atoms with Crippen molar-refractivity contribution in [2.24, 2.45) is 0 Å². The van der Waals surface area contributed by atoms with E-state index in [1.165, 1.54) is 0 Å². The van der Waals surface area contributed by atoms with Crippen molar-refractivity contribution in [3.8, 4) is 22.9 Å². The fourth-order valence-corrected chi connectivity index (χ4v) is 3.66. The molecule has 3 aromatic carbocycles. The van der Waals surface area contributed by atoms with Crippen LogP contribution in [0.3, 0.4) is 0 Å². The number of ether oxygens (including phenoxy) is 3. The summed E-state index contributed by atoms with van der Waals surface area (Å²) in [4.78, 5) is 18.1. The molecule has 156 valence electrons. The number of fused-ring (bicyclic) bond motifs is 2. The first-order valence-corrected chi connectivity index (χ1v) is 9.97. The van der Waals surface area contributed by atoms with Gasteiger partial charge in [0.1, 0.15) is 11.6 Å². The number of hydrogen-bond donors (Lipinski definition) is 1. The molecule has 5 rings (SSSR count). The van der Waals surface area contributed by atoms with Gasteiger partial charge in [0.05, 0.1) is 30.2 Å². The average molecular weight is 415 g/mol. The van der Waals surface area contributed by atoms with E-state index in [2.05, 4.69) is 5.32 Å². The van der Waals surface area contributed by atoms with Crippen LogP contribution in [0.5, 0.6) is 17.2 Å². The van der Waals surface area contributed by atoms with Crippen LogP contribution < -0.4 is 25.1 Å². The molecule has 1 aliphatic heterocycles. The molecule has 0 atom stereocenters. The summed E-state index contributed by atoms with van der Waals surface area (Å²) in [5, 5.41) is 3.97. The molecule has 31 heavy (non-hydrogen) atoms. The second-order valence-corrected chi connectivity index (χ2v) is 7.17. The standard InChI is InChI=1S/C24H21N3O4/c1-29-18-9-7-17(8-10-18)27-23(26-20-5-3-2-4-19(20)24(27)28)14-25-13-16-6-11-21-22(12-16)31-15-30-21/h2-12,25H,13-15H2,1H3. The Morgan fingerprint density at radius 2 is 1.81 bits per heavy atom. The molecule has 0 saturated heterocycles. The van der Waals surface area contributed by atoms with E-state index in [1.807, 2.05) is 60.7 Å². The van der Waals surface area contributed by atoms with Crippen LogP contribution in [-0.4, -0.2) is 23.5 Å². The predicted octanol–water partition coefficient (Wildman–Crippen LogP) is 3.41. The van der Waals surface area contributed by atoms with Gasteiger partial charge in [0.25, 0.3) is 5.56 Å². The maximum absolute atomic E-state index is 13.3. The lowest BCUT2D eigenvalue weighted by atomic mass is 10.2. The topological polar surface area (TPSA) is 74.6 Å². The molecular weight excluding hydrogens is 394 g/mol. The summed E-state index contributed by atoms with van der Waals surface area (Å²) in [6.45, 7) is 1.27. The number of para-hydroxylation sites is 1. The van der Waals surface area contributed by atoms with Gasteiger partial charge in [-0.25, -0.2) is 4.98 Å². The van der Waals surface area contributed by atoms with Gasteiger partial charge in [-0.2, -0.15) is 0 Å². The normalized spacial score (nSPS) is 12.3. The van der Waals surface area contributed by atoms with Crippen molar-refractivity contribution < 1.29 is 14.2 Å². The van der Waals surface area contributed by atoms with Gasteiger partial charge in [0, 0.05) is 6.54 Å². The summed E-state index contributed by atoms with van der Waals surface area (Å²) >= 11 is 0. The Balaban J connectivity index is 1.47. The Morgan fingerprint density at radius 3 is 2.65 bits per heavy atom. The highest BCUT2D eigenvalue weighted by Crippen LogP contribution is 2.32. The van der Waals surface area contributed by atoms with E-state index < -0.39 is 0 Å². The van der Waals surface area contributed by atoms with Crippen LogP contribution in [0.15, 0.2) is 71.5 Å². The largest absolute Gasteiger partial charge is 0.497 e. The van der Waals surface area contributed by atoms with Crippen molar-refractivity contribution in [3.63, 3.8) is 0 Å². The summed E-state index contributed by atoms with van der Waals surface area (Å²) in [5.74, 6) is 2.87. The molecule has 4 aromatic rings. The quantitative estimate of drug-likeness (QED) is 0.520. The third-order valence-electron chi connectivity index (χ3n) is 5.23.